The largest absolute Gasteiger partial charge is 0.494 e. The van der Waals surface area contributed by atoms with Crippen LogP contribution in [0.15, 0.2) is 42.5 Å². The van der Waals surface area contributed by atoms with Gasteiger partial charge in [-0.15, -0.1) is 0 Å². The highest BCUT2D eigenvalue weighted by molar-refractivity contribution is 7.22. The van der Waals surface area contributed by atoms with E-state index < -0.39 is 0 Å². The molecule has 6 nitrogen and oxygen atoms in total. The summed E-state index contributed by atoms with van der Waals surface area (Å²) in [5, 5.41) is 0.751. The molecule has 0 radical (unpaired) electrons. The predicted octanol–water partition coefficient (Wildman–Crippen LogP) is 4.37. The summed E-state index contributed by atoms with van der Waals surface area (Å²) in [6.45, 7) is 9.67. The quantitative estimate of drug-likeness (QED) is 0.522. The van der Waals surface area contributed by atoms with Gasteiger partial charge in [-0.2, -0.15) is 0 Å². The molecular weight excluding hydrogens is 410 g/mol. The first-order valence-electron chi connectivity index (χ1n) is 10.9. The van der Waals surface area contributed by atoms with Crippen LogP contribution in [0.3, 0.4) is 0 Å². The number of hydrogen-bond donors (Lipinski definition) is 0. The van der Waals surface area contributed by atoms with Crippen molar-refractivity contribution in [2.75, 3.05) is 50.9 Å². The minimum atomic E-state index is -0.0270. The van der Waals surface area contributed by atoms with Crippen LogP contribution >= 0.6 is 11.3 Å². The number of amides is 1. The number of benzene rings is 2. The van der Waals surface area contributed by atoms with Crippen molar-refractivity contribution < 1.29 is 14.3 Å². The van der Waals surface area contributed by atoms with Gasteiger partial charge in [0.2, 0.25) is 0 Å². The highest BCUT2D eigenvalue weighted by Crippen LogP contribution is 2.31. The average molecular weight is 440 g/mol. The number of carbonyl (C=O) groups is 1. The number of rotatable bonds is 8. The lowest BCUT2D eigenvalue weighted by Crippen LogP contribution is -2.39. The van der Waals surface area contributed by atoms with Gasteiger partial charge in [0.15, 0.2) is 5.13 Å². The first kappa shape index (κ1) is 21.7. The molecule has 0 unspecified atom stereocenters. The Morgan fingerprint density at radius 1 is 1.19 bits per heavy atom. The van der Waals surface area contributed by atoms with E-state index in [1.165, 1.54) is 5.56 Å². The highest BCUT2D eigenvalue weighted by atomic mass is 32.1. The fraction of sp³-hybridized carbons (Fsp3) is 0.417. The van der Waals surface area contributed by atoms with E-state index in [1.54, 1.807) is 11.3 Å². The fourth-order valence-corrected chi connectivity index (χ4v) is 4.80. The third-order valence-electron chi connectivity index (χ3n) is 5.38. The summed E-state index contributed by atoms with van der Waals surface area (Å²) in [5.74, 6) is 0.745. The van der Waals surface area contributed by atoms with Crippen molar-refractivity contribution in [2.24, 2.45) is 0 Å². The molecule has 1 aromatic heterocycles. The second-order valence-electron chi connectivity index (χ2n) is 7.69. The van der Waals surface area contributed by atoms with Crippen molar-refractivity contribution >= 4 is 32.6 Å². The molecule has 0 aliphatic carbocycles. The van der Waals surface area contributed by atoms with Crippen molar-refractivity contribution in [3.8, 4) is 5.75 Å². The highest BCUT2D eigenvalue weighted by Gasteiger charge is 2.22. The Kier molecular flexibility index (Phi) is 7.17. The van der Waals surface area contributed by atoms with Crippen LogP contribution in [0.4, 0.5) is 5.13 Å². The van der Waals surface area contributed by atoms with Gasteiger partial charge in [-0.1, -0.05) is 17.4 Å². The Labute approximate surface area is 187 Å². The number of anilines is 1. The summed E-state index contributed by atoms with van der Waals surface area (Å²) in [4.78, 5) is 22.5. The van der Waals surface area contributed by atoms with E-state index in [9.17, 15) is 4.79 Å². The maximum absolute atomic E-state index is 13.5. The zero-order chi connectivity index (χ0) is 21.6. The van der Waals surface area contributed by atoms with Crippen LogP contribution < -0.4 is 9.64 Å². The maximum Gasteiger partial charge on any atom is 0.260 e. The van der Waals surface area contributed by atoms with Crippen LogP contribution in [-0.2, 0) is 4.74 Å². The van der Waals surface area contributed by atoms with Crippen LogP contribution in [0.25, 0.3) is 10.2 Å². The van der Waals surface area contributed by atoms with E-state index in [4.69, 9.17) is 14.5 Å². The van der Waals surface area contributed by atoms with Crippen LogP contribution in [0, 0.1) is 6.92 Å². The van der Waals surface area contributed by atoms with Gasteiger partial charge in [-0.05, 0) is 62.2 Å². The fourth-order valence-electron chi connectivity index (χ4n) is 3.71. The Hall–Kier alpha value is -2.48. The number of morpholine rings is 1. The van der Waals surface area contributed by atoms with Crippen molar-refractivity contribution in [2.45, 2.75) is 20.3 Å². The molecule has 3 aromatic rings. The van der Waals surface area contributed by atoms with Crippen LogP contribution in [-0.4, -0.2) is 61.8 Å². The number of fused-ring (bicyclic) bond motifs is 1. The summed E-state index contributed by atoms with van der Waals surface area (Å²) in [5.41, 5.74) is 2.77. The molecule has 0 spiro atoms. The Balaban J connectivity index is 1.55. The number of nitrogens with zero attached hydrogens (tertiary/aromatic N) is 3. The number of thiazole rings is 1. The average Bonchev–Trinajstić information content (AvgIpc) is 3.20. The predicted molar refractivity (Wildman–Crippen MR) is 126 cm³/mol. The minimum Gasteiger partial charge on any atom is -0.494 e. The molecule has 0 N–H and O–H groups in total. The van der Waals surface area contributed by atoms with E-state index in [0.717, 1.165) is 60.4 Å². The molecule has 164 valence electrons. The van der Waals surface area contributed by atoms with E-state index in [1.807, 2.05) is 42.2 Å². The van der Waals surface area contributed by atoms with E-state index in [0.29, 0.717) is 18.7 Å². The molecule has 4 rings (SSSR count). The van der Waals surface area contributed by atoms with Gasteiger partial charge in [-0.3, -0.25) is 14.6 Å². The third-order valence-corrected chi connectivity index (χ3v) is 6.42. The number of hydrogen-bond acceptors (Lipinski definition) is 6. The van der Waals surface area contributed by atoms with Gasteiger partial charge in [0.05, 0.1) is 30.0 Å². The Morgan fingerprint density at radius 3 is 2.71 bits per heavy atom. The molecule has 0 saturated carbocycles. The summed E-state index contributed by atoms with van der Waals surface area (Å²) >= 11 is 1.58. The monoisotopic (exact) mass is 439 g/mol. The number of aromatic nitrogens is 1. The molecule has 1 saturated heterocycles. The van der Waals surface area contributed by atoms with Gasteiger partial charge in [-0.25, -0.2) is 4.98 Å². The van der Waals surface area contributed by atoms with Gasteiger partial charge in [0.1, 0.15) is 5.75 Å². The van der Waals surface area contributed by atoms with Crippen LogP contribution in [0.5, 0.6) is 5.75 Å². The van der Waals surface area contributed by atoms with Gasteiger partial charge in [0, 0.05) is 31.7 Å². The molecule has 2 heterocycles. The normalized spacial score (nSPS) is 14.6. The van der Waals surface area contributed by atoms with E-state index >= 15 is 0 Å². The summed E-state index contributed by atoms with van der Waals surface area (Å²) < 4.78 is 12.1. The second kappa shape index (κ2) is 10.2. The SMILES string of the molecule is CCOc1ccc(C(=O)N(CCCN2CCOCC2)c2nc3ccc(C)cc3s2)cc1. The molecule has 1 aliphatic heterocycles. The second-order valence-corrected chi connectivity index (χ2v) is 8.70. The Bertz CT molecular complexity index is 1010. The lowest BCUT2D eigenvalue weighted by atomic mass is 10.2. The van der Waals surface area contributed by atoms with Gasteiger partial charge < -0.3 is 9.47 Å². The molecule has 7 heteroatoms. The first-order valence-corrected chi connectivity index (χ1v) is 11.7. The smallest absolute Gasteiger partial charge is 0.260 e. The van der Waals surface area contributed by atoms with Gasteiger partial charge in [0.25, 0.3) is 5.91 Å². The molecule has 0 atom stereocenters. The Morgan fingerprint density at radius 2 is 1.97 bits per heavy atom. The zero-order valence-corrected chi connectivity index (χ0v) is 19.0. The number of carbonyl (C=O) groups excluding carboxylic acids is 1. The van der Waals surface area contributed by atoms with Crippen molar-refractivity contribution in [3.05, 3.63) is 53.6 Å². The molecule has 0 bridgehead atoms. The minimum absolute atomic E-state index is 0.0270. The molecule has 2 aromatic carbocycles. The van der Waals surface area contributed by atoms with Crippen LogP contribution in [0.1, 0.15) is 29.3 Å². The third kappa shape index (κ3) is 5.42. The topological polar surface area (TPSA) is 54.9 Å². The molecule has 1 amide bonds. The van der Waals surface area contributed by atoms with Crippen molar-refractivity contribution in [1.82, 2.24) is 9.88 Å². The first-order chi connectivity index (χ1) is 15.1. The van der Waals surface area contributed by atoms with E-state index in [-0.39, 0.29) is 5.91 Å². The summed E-state index contributed by atoms with van der Waals surface area (Å²) in [6.07, 6.45) is 0.887. The number of ether oxygens (including phenoxy) is 2. The summed E-state index contributed by atoms with van der Waals surface area (Å²) in [6, 6.07) is 13.6. The summed E-state index contributed by atoms with van der Waals surface area (Å²) in [7, 11) is 0. The number of aryl methyl sites for hydroxylation is 1. The molecular formula is C24H29N3O3S. The molecule has 31 heavy (non-hydrogen) atoms. The standard InChI is InChI=1S/C24H29N3O3S/c1-3-30-20-8-6-19(7-9-20)23(28)27(12-4-11-26-13-15-29-16-14-26)24-25-21-10-5-18(2)17-22(21)31-24/h5-10,17H,3-4,11-16H2,1-2H3. The van der Waals surface area contributed by atoms with Crippen LogP contribution in [0.2, 0.25) is 0 Å². The van der Waals surface area contributed by atoms with E-state index in [2.05, 4.69) is 24.0 Å². The lowest BCUT2D eigenvalue weighted by molar-refractivity contribution is 0.0376. The van der Waals surface area contributed by atoms with Crippen molar-refractivity contribution in [3.63, 3.8) is 0 Å². The van der Waals surface area contributed by atoms with Gasteiger partial charge >= 0.3 is 0 Å². The van der Waals surface area contributed by atoms with Crippen molar-refractivity contribution in [1.29, 1.82) is 0 Å². The zero-order valence-electron chi connectivity index (χ0n) is 18.2. The maximum atomic E-state index is 13.5. The molecule has 1 fully saturated rings. The lowest BCUT2D eigenvalue weighted by Gasteiger charge is -2.27. The molecule has 1 aliphatic rings.